The zero-order valence-corrected chi connectivity index (χ0v) is 18.1. The number of benzene rings is 2. The summed E-state index contributed by atoms with van der Waals surface area (Å²) >= 11 is 0. The summed E-state index contributed by atoms with van der Waals surface area (Å²) in [6.45, 7) is 0. The third-order valence-electron chi connectivity index (χ3n) is 6.68. The third-order valence-corrected chi connectivity index (χ3v) is 6.68. The predicted molar refractivity (Wildman–Crippen MR) is 121 cm³/mol. The van der Waals surface area contributed by atoms with Gasteiger partial charge in [-0.3, -0.25) is 9.59 Å². The predicted octanol–water partition coefficient (Wildman–Crippen LogP) is 4.45. The maximum absolute atomic E-state index is 12.6. The highest BCUT2D eigenvalue weighted by molar-refractivity contribution is 6.02. The molecule has 3 aromatic rings. The van der Waals surface area contributed by atoms with Crippen molar-refractivity contribution in [2.24, 2.45) is 5.92 Å². The first-order valence-electron chi connectivity index (χ1n) is 11.3. The summed E-state index contributed by atoms with van der Waals surface area (Å²) in [5.74, 6) is -0.440. The molecule has 0 saturated carbocycles. The van der Waals surface area contributed by atoms with Crippen LogP contribution in [-0.4, -0.2) is 34.2 Å². The molecule has 3 heterocycles. The Kier molecular flexibility index (Phi) is 5.96. The summed E-state index contributed by atoms with van der Waals surface area (Å²) < 4.78 is 12.0. The van der Waals surface area contributed by atoms with Crippen LogP contribution in [0.5, 0.6) is 0 Å². The Morgan fingerprint density at radius 2 is 1.73 bits per heavy atom. The Bertz CT molecular complexity index is 1140. The molecule has 0 spiro atoms. The second kappa shape index (κ2) is 9.19. The van der Waals surface area contributed by atoms with Gasteiger partial charge in [0, 0.05) is 18.0 Å². The van der Waals surface area contributed by atoms with Crippen molar-refractivity contribution in [3.05, 3.63) is 83.6 Å². The Morgan fingerprint density at radius 1 is 1.00 bits per heavy atom. The molecule has 0 radical (unpaired) electrons. The fourth-order valence-electron chi connectivity index (χ4n) is 5.13. The third kappa shape index (κ3) is 4.54. The molecule has 2 saturated heterocycles. The molecule has 5 rings (SSSR count). The number of hydrogen-bond acceptors (Lipinski definition) is 5. The highest BCUT2D eigenvalue weighted by Gasteiger charge is 2.51. The maximum atomic E-state index is 12.6. The number of carboxylic acids is 1. The zero-order valence-electron chi connectivity index (χ0n) is 18.1. The van der Waals surface area contributed by atoms with Crippen molar-refractivity contribution in [2.75, 3.05) is 5.32 Å². The van der Waals surface area contributed by atoms with Crippen LogP contribution in [0.3, 0.4) is 0 Å². The number of carbonyl (C=O) groups excluding carboxylic acids is 1. The second-order valence-electron chi connectivity index (χ2n) is 8.74. The van der Waals surface area contributed by atoms with Gasteiger partial charge in [-0.15, -0.1) is 0 Å². The molecule has 0 unspecified atom stereocenters. The van der Waals surface area contributed by atoms with E-state index in [9.17, 15) is 9.59 Å². The number of anilines is 1. The van der Waals surface area contributed by atoms with Crippen LogP contribution in [0.1, 0.15) is 52.7 Å². The first-order chi connectivity index (χ1) is 16.1. The van der Waals surface area contributed by atoms with Gasteiger partial charge in [0.2, 0.25) is 5.89 Å². The lowest BCUT2D eigenvalue weighted by Crippen LogP contribution is -2.28. The lowest BCUT2D eigenvalue weighted by molar-refractivity contribution is -0.136. The van der Waals surface area contributed by atoms with Crippen molar-refractivity contribution in [2.45, 2.75) is 50.2 Å². The number of oxazole rings is 1. The summed E-state index contributed by atoms with van der Waals surface area (Å²) in [4.78, 5) is 28.2. The van der Waals surface area contributed by atoms with Gasteiger partial charge in [0.25, 0.3) is 5.91 Å². The number of aliphatic carboxylic acids is 1. The SMILES string of the molecule is O=C(O)CCc1ccccc1C[C@@H]1[C@H](c2nc(C(=O)Nc3ccccc3)co2)[C@H]2CC[C@@H]1O2. The van der Waals surface area contributed by atoms with Gasteiger partial charge in [0.1, 0.15) is 6.26 Å². The average molecular weight is 447 g/mol. The number of aryl methyl sites for hydroxylation is 1. The smallest absolute Gasteiger partial charge is 0.303 e. The van der Waals surface area contributed by atoms with Crippen LogP contribution >= 0.6 is 0 Å². The molecule has 2 aliphatic heterocycles. The largest absolute Gasteiger partial charge is 0.481 e. The summed E-state index contributed by atoms with van der Waals surface area (Å²) in [6.07, 6.45) is 4.85. The van der Waals surface area contributed by atoms with Crippen molar-refractivity contribution in [1.29, 1.82) is 0 Å². The molecule has 2 fully saturated rings. The van der Waals surface area contributed by atoms with E-state index in [2.05, 4.69) is 16.4 Å². The second-order valence-corrected chi connectivity index (χ2v) is 8.74. The number of fused-ring (bicyclic) bond motifs is 2. The number of hydrogen-bond donors (Lipinski definition) is 2. The molecule has 170 valence electrons. The van der Waals surface area contributed by atoms with Crippen LogP contribution in [0.25, 0.3) is 0 Å². The fraction of sp³-hybridized carbons (Fsp3) is 0.346. The highest BCUT2D eigenvalue weighted by Crippen LogP contribution is 2.50. The number of carboxylic acid groups (broad SMARTS) is 1. The van der Waals surface area contributed by atoms with E-state index in [1.54, 1.807) is 0 Å². The molecule has 4 atom stereocenters. The lowest BCUT2D eigenvalue weighted by atomic mass is 9.75. The molecule has 1 amide bonds. The van der Waals surface area contributed by atoms with Crippen LogP contribution in [0.2, 0.25) is 0 Å². The van der Waals surface area contributed by atoms with Gasteiger partial charge < -0.3 is 19.6 Å². The minimum Gasteiger partial charge on any atom is -0.481 e. The van der Waals surface area contributed by atoms with Gasteiger partial charge >= 0.3 is 5.97 Å². The number of para-hydroxylation sites is 1. The molecule has 33 heavy (non-hydrogen) atoms. The van der Waals surface area contributed by atoms with Gasteiger partial charge in [-0.1, -0.05) is 42.5 Å². The van der Waals surface area contributed by atoms with Crippen LogP contribution in [0.15, 0.2) is 65.3 Å². The van der Waals surface area contributed by atoms with E-state index in [4.69, 9.17) is 14.3 Å². The quantitative estimate of drug-likeness (QED) is 0.530. The van der Waals surface area contributed by atoms with Crippen LogP contribution < -0.4 is 5.32 Å². The Balaban J connectivity index is 1.34. The van der Waals surface area contributed by atoms with E-state index in [-0.39, 0.29) is 42.1 Å². The van der Waals surface area contributed by atoms with Crippen LogP contribution in [0, 0.1) is 5.92 Å². The van der Waals surface area contributed by atoms with Crippen molar-refractivity contribution >= 4 is 17.6 Å². The fourth-order valence-corrected chi connectivity index (χ4v) is 5.13. The number of nitrogens with one attached hydrogen (secondary N) is 1. The van der Waals surface area contributed by atoms with Crippen molar-refractivity contribution < 1.29 is 23.8 Å². The normalized spacial score (nSPS) is 23.5. The van der Waals surface area contributed by atoms with Gasteiger partial charge in [0.05, 0.1) is 18.1 Å². The Labute approximate surface area is 191 Å². The molecule has 0 aliphatic carbocycles. The van der Waals surface area contributed by atoms with Gasteiger partial charge in [-0.25, -0.2) is 4.98 Å². The Morgan fingerprint density at radius 3 is 2.52 bits per heavy atom. The summed E-state index contributed by atoms with van der Waals surface area (Å²) in [5, 5.41) is 11.9. The van der Waals surface area contributed by atoms with Crippen LogP contribution in [0.4, 0.5) is 5.69 Å². The number of ether oxygens (including phenoxy) is 1. The van der Waals surface area contributed by atoms with Gasteiger partial charge in [0.15, 0.2) is 5.69 Å². The number of carbonyl (C=O) groups is 2. The molecule has 2 aromatic carbocycles. The monoisotopic (exact) mass is 446 g/mol. The molecule has 2 N–H and O–H groups in total. The van der Waals surface area contributed by atoms with E-state index in [0.717, 1.165) is 30.4 Å². The molecular weight excluding hydrogens is 420 g/mol. The minimum absolute atomic E-state index is 0.0230. The van der Waals surface area contributed by atoms with E-state index >= 15 is 0 Å². The zero-order chi connectivity index (χ0) is 22.8. The standard InChI is InChI=1S/C26H26N2O5/c29-23(30)13-10-16-6-4-5-7-17(16)14-19-21-11-12-22(33-21)24(19)26-28-20(15-32-26)25(31)27-18-8-2-1-3-9-18/h1-9,15,19,21-22,24H,10-14H2,(H,27,31)(H,29,30)/t19-,21-,22+,24-/m0/s1. The number of nitrogens with zero attached hydrogens (tertiary/aromatic N) is 1. The summed E-state index contributed by atoms with van der Waals surface area (Å²) in [5.41, 5.74) is 3.14. The van der Waals surface area contributed by atoms with E-state index in [1.165, 1.54) is 6.26 Å². The van der Waals surface area contributed by atoms with Gasteiger partial charge in [-0.2, -0.15) is 0 Å². The number of amides is 1. The summed E-state index contributed by atoms with van der Waals surface area (Å²) in [7, 11) is 0. The average Bonchev–Trinajstić information content (AvgIpc) is 3.56. The first kappa shape index (κ1) is 21.4. The number of aromatic nitrogens is 1. The molecule has 2 aliphatic rings. The molecule has 1 aromatic heterocycles. The topological polar surface area (TPSA) is 102 Å². The molecule has 7 heteroatoms. The van der Waals surface area contributed by atoms with Crippen molar-refractivity contribution in [3.63, 3.8) is 0 Å². The van der Waals surface area contributed by atoms with Gasteiger partial charge in [-0.05, 0) is 48.9 Å². The number of rotatable bonds is 8. The van der Waals surface area contributed by atoms with E-state index < -0.39 is 5.97 Å². The van der Waals surface area contributed by atoms with Crippen molar-refractivity contribution in [1.82, 2.24) is 4.98 Å². The molecule has 2 bridgehead atoms. The minimum atomic E-state index is -0.799. The van der Waals surface area contributed by atoms with E-state index in [1.807, 2.05) is 48.5 Å². The highest BCUT2D eigenvalue weighted by atomic mass is 16.5. The van der Waals surface area contributed by atoms with Crippen molar-refractivity contribution in [3.8, 4) is 0 Å². The van der Waals surface area contributed by atoms with E-state index in [0.29, 0.717) is 18.0 Å². The summed E-state index contributed by atoms with van der Waals surface area (Å²) in [6, 6.07) is 17.2. The lowest BCUT2D eigenvalue weighted by Gasteiger charge is -2.26. The maximum Gasteiger partial charge on any atom is 0.303 e. The van der Waals surface area contributed by atoms with Crippen LogP contribution in [-0.2, 0) is 22.4 Å². The first-order valence-corrected chi connectivity index (χ1v) is 11.3. The molecular formula is C26H26N2O5. The molecule has 7 nitrogen and oxygen atoms in total. The Hall–Kier alpha value is -3.45.